The number of hydrogen-bond donors (Lipinski definition) is 1. The SMILES string of the molecule is CCCC1CC(NCCn2cccn2)CCO1. The third kappa shape index (κ3) is 4.13. The predicted octanol–water partition coefficient (Wildman–Crippen LogP) is 1.82. The largest absolute Gasteiger partial charge is 0.378 e. The van der Waals surface area contributed by atoms with Gasteiger partial charge >= 0.3 is 0 Å². The molecule has 1 N–H and O–H groups in total. The van der Waals surface area contributed by atoms with Crippen LogP contribution < -0.4 is 5.32 Å². The standard InChI is InChI=1S/C13H23N3O/c1-2-4-13-11-12(5-10-17-13)14-7-9-16-8-3-6-15-16/h3,6,8,12-14H,2,4-5,7,9-11H2,1H3. The summed E-state index contributed by atoms with van der Waals surface area (Å²) in [7, 11) is 0. The van der Waals surface area contributed by atoms with Crippen LogP contribution in [0.2, 0.25) is 0 Å². The summed E-state index contributed by atoms with van der Waals surface area (Å²) in [6.07, 6.45) is 9.00. The number of nitrogens with one attached hydrogen (secondary N) is 1. The van der Waals surface area contributed by atoms with Crippen molar-refractivity contribution in [2.45, 2.75) is 51.3 Å². The van der Waals surface area contributed by atoms with Gasteiger partial charge in [0.1, 0.15) is 0 Å². The number of hydrogen-bond acceptors (Lipinski definition) is 3. The van der Waals surface area contributed by atoms with Crippen LogP contribution in [0.5, 0.6) is 0 Å². The van der Waals surface area contributed by atoms with Crippen LogP contribution in [-0.4, -0.2) is 35.1 Å². The molecule has 1 aromatic rings. The first-order valence-corrected chi connectivity index (χ1v) is 6.71. The third-order valence-corrected chi connectivity index (χ3v) is 3.31. The lowest BCUT2D eigenvalue weighted by molar-refractivity contribution is -0.00321. The van der Waals surface area contributed by atoms with E-state index in [9.17, 15) is 0 Å². The molecule has 4 nitrogen and oxygen atoms in total. The van der Waals surface area contributed by atoms with E-state index in [1.165, 1.54) is 12.8 Å². The van der Waals surface area contributed by atoms with E-state index < -0.39 is 0 Å². The molecule has 0 spiro atoms. The number of aromatic nitrogens is 2. The smallest absolute Gasteiger partial charge is 0.0589 e. The van der Waals surface area contributed by atoms with Gasteiger partial charge in [-0.05, 0) is 25.3 Å². The molecular formula is C13H23N3O. The summed E-state index contributed by atoms with van der Waals surface area (Å²) in [6, 6.07) is 2.59. The fraction of sp³-hybridized carbons (Fsp3) is 0.769. The maximum atomic E-state index is 5.74. The van der Waals surface area contributed by atoms with Crippen molar-refractivity contribution in [1.29, 1.82) is 0 Å². The molecule has 2 heterocycles. The normalized spacial score (nSPS) is 25.0. The first kappa shape index (κ1) is 12.6. The molecule has 0 radical (unpaired) electrons. The number of nitrogens with zero attached hydrogens (tertiary/aromatic N) is 2. The molecule has 0 aliphatic carbocycles. The summed E-state index contributed by atoms with van der Waals surface area (Å²) in [5.41, 5.74) is 0. The first-order valence-electron chi connectivity index (χ1n) is 6.71. The lowest BCUT2D eigenvalue weighted by Crippen LogP contribution is -2.40. The van der Waals surface area contributed by atoms with Crippen molar-refractivity contribution in [2.24, 2.45) is 0 Å². The van der Waals surface area contributed by atoms with Crippen LogP contribution in [0.3, 0.4) is 0 Å². The first-order chi connectivity index (χ1) is 8.38. The van der Waals surface area contributed by atoms with E-state index in [4.69, 9.17) is 4.74 Å². The lowest BCUT2D eigenvalue weighted by atomic mass is 10.0. The van der Waals surface area contributed by atoms with Gasteiger partial charge in [-0.15, -0.1) is 0 Å². The summed E-state index contributed by atoms with van der Waals surface area (Å²) in [5.74, 6) is 0. The lowest BCUT2D eigenvalue weighted by Gasteiger charge is -2.30. The summed E-state index contributed by atoms with van der Waals surface area (Å²) in [6.45, 7) is 5.07. The van der Waals surface area contributed by atoms with E-state index in [1.54, 1.807) is 0 Å². The molecule has 1 aliphatic heterocycles. The van der Waals surface area contributed by atoms with Crippen molar-refractivity contribution in [3.05, 3.63) is 18.5 Å². The Labute approximate surface area is 103 Å². The second kappa shape index (κ2) is 6.77. The molecule has 0 amide bonds. The van der Waals surface area contributed by atoms with Crippen molar-refractivity contribution < 1.29 is 4.74 Å². The summed E-state index contributed by atoms with van der Waals surface area (Å²) in [4.78, 5) is 0. The molecule has 1 aromatic heterocycles. The zero-order chi connectivity index (χ0) is 11.9. The molecule has 2 rings (SSSR count). The minimum Gasteiger partial charge on any atom is -0.378 e. The zero-order valence-electron chi connectivity index (χ0n) is 10.6. The molecule has 17 heavy (non-hydrogen) atoms. The van der Waals surface area contributed by atoms with Gasteiger partial charge in [0.25, 0.3) is 0 Å². The average molecular weight is 237 g/mol. The highest BCUT2D eigenvalue weighted by Crippen LogP contribution is 2.17. The van der Waals surface area contributed by atoms with Crippen LogP contribution in [0.1, 0.15) is 32.6 Å². The van der Waals surface area contributed by atoms with Crippen molar-refractivity contribution in [1.82, 2.24) is 15.1 Å². The fourth-order valence-electron chi connectivity index (χ4n) is 2.40. The Hall–Kier alpha value is -0.870. The molecule has 96 valence electrons. The molecule has 2 atom stereocenters. The number of ether oxygens (including phenoxy) is 1. The van der Waals surface area contributed by atoms with Gasteiger partial charge in [-0.1, -0.05) is 13.3 Å². The van der Waals surface area contributed by atoms with E-state index >= 15 is 0 Å². The highest BCUT2D eigenvalue weighted by Gasteiger charge is 2.21. The Morgan fingerprint density at radius 2 is 2.47 bits per heavy atom. The minimum absolute atomic E-state index is 0.468. The van der Waals surface area contributed by atoms with Gasteiger partial charge < -0.3 is 10.1 Å². The summed E-state index contributed by atoms with van der Waals surface area (Å²) in [5, 5.41) is 7.80. The third-order valence-electron chi connectivity index (χ3n) is 3.31. The predicted molar refractivity (Wildman–Crippen MR) is 67.9 cm³/mol. The second-order valence-electron chi connectivity index (χ2n) is 4.73. The van der Waals surface area contributed by atoms with Crippen LogP contribution in [0.15, 0.2) is 18.5 Å². The number of rotatable bonds is 6. The van der Waals surface area contributed by atoms with Crippen molar-refractivity contribution >= 4 is 0 Å². The second-order valence-corrected chi connectivity index (χ2v) is 4.73. The van der Waals surface area contributed by atoms with Crippen LogP contribution in [0, 0.1) is 0 Å². The van der Waals surface area contributed by atoms with Gasteiger partial charge in [-0.25, -0.2) is 0 Å². The highest BCUT2D eigenvalue weighted by atomic mass is 16.5. The van der Waals surface area contributed by atoms with Crippen LogP contribution >= 0.6 is 0 Å². The van der Waals surface area contributed by atoms with Gasteiger partial charge in [0, 0.05) is 31.6 Å². The Morgan fingerprint density at radius 3 is 3.24 bits per heavy atom. The van der Waals surface area contributed by atoms with Gasteiger partial charge in [0.05, 0.1) is 12.6 Å². The van der Waals surface area contributed by atoms with Crippen LogP contribution in [0.4, 0.5) is 0 Å². The van der Waals surface area contributed by atoms with Gasteiger partial charge in [-0.2, -0.15) is 5.10 Å². The van der Waals surface area contributed by atoms with Crippen LogP contribution in [-0.2, 0) is 11.3 Å². The molecule has 4 heteroatoms. The highest BCUT2D eigenvalue weighted by molar-refractivity contribution is 4.79. The summed E-state index contributed by atoms with van der Waals surface area (Å²) < 4.78 is 7.71. The maximum Gasteiger partial charge on any atom is 0.0589 e. The van der Waals surface area contributed by atoms with Gasteiger partial charge in [0.15, 0.2) is 0 Å². The quantitative estimate of drug-likeness (QED) is 0.820. The molecule has 0 aromatic carbocycles. The van der Waals surface area contributed by atoms with E-state index in [-0.39, 0.29) is 0 Å². The Morgan fingerprint density at radius 1 is 1.53 bits per heavy atom. The molecule has 1 fully saturated rings. The van der Waals surface area contributed by atoms with Gasteiger partial charge in [-0.3, -0.25) is 4.68 Å². The maximum absolute atomic E-state index is 5.74. The van der Waals surface area contributed by atoms with Gasteiger partial charge in [0.2, 0.25) is 0 Å². The van der Waals surface area contributed by atoms with Crippen molar-refractivity contribution in [3.63, 3.8) is 0 Å². The fourth-order valence-corrected chi connectivity index (χ4v) is 2.40. The Balaban J connectivity index is 1.65. The van der Waals surface area contributed by atoms with Crippen molar-refractivity contribution in [2.75, 3.05) is 13.2 Å². The van der Waals surface area contributed by atoms with E-state index in [1.807, 2.05) is 23.1 Å². The average Bonchev–Trinajstić information content (AvgIpc) is 2.83. The topological polar surface area (TPSA) is 39.1 Å². The summed E-state index contributed by atoms with van der Waals surface area (Å²) >= 11 is 0. The van der Waals surface area contributed by atoms with Crippen LogP contribution in [0.25, 0.3) is 0 Å². The monoisotopic (exact) mass is 237 g/mol. The van der Waals surface area contributed by atoms with E-state index in [0.29, 0.717) is 12.1 Å². The Bertz CT molecular complexity index is 298. The zero-order valence-corrected chi connectivity index (χ0v) is 10.6. The van der Waals surface area contributed by atoms with E-state index in [0.717, 1.165) is 32.5 Å². The minimum atomic E-state index is 0.468. The van der Waals surface area contributed by atoms with Crippen molar-refractivity contribution in [3.8, 4) is 0 Å². The van der Waals surface area contributed by atoms with E-state index in [2.05, 4.69) is 17.3 Å². The molecule has 0 bridgehead atoms. The molecular weight excluding hydrogens is 214 g/mol. The Kier molecular flexibility index (Phi) is 5.01. The molecule has 1 saturated heterocycles. The molecule has 1 aliphatic rings. The molecule has 0 saturated carbocycles. The molecule has 2 unspecified atom stereocenters.